The lowest BCUT2D eigenvalue weighted by atomic mass is 10.2. The summed E-state index contributed by atoms with van der Waals surface area (Å²) < 4.78 is 11.3. The second-order valence-corrected chi connectivity index (χ2v) is 7.59. The van der Waals surface area contributed by atoms with Crippen LogP contribution in [0.25, 0.3) is 0 Å². The molecule has 0 spiro atoms. The largest absolute Gasteiger partial charge is 0.373 e. The topological polar surface area (TPSA) is 77.0 Å². The monoisotopic (exact) mass is 344 g/mol. The van der Waals surface area contributed by atoms with Crippen LogP contribution >= 0.6 is 0 Å². The molecule has 0 saturated carbocycles. The van der Waals surface area contributed by atoms with Crippen LogP contribution in [0.4, 0.5) is 0 Å². The lowest BCUT2D eigenvalue weighted by molar-refractivity contribution is -0.0775. The van der Waals surface area contributed by atoms with Gasteiger partial charge in [-0.15, -0.1) is 0 Å². The summed E-state index contributed by atoms with van der Waals surface area (Å²) in [4.78, 5) is 4.80. The molecule has 2 fully saturated rings. The Balaban J connectivity index is 0.000000240. The van der Waals surface area contributed by atoms with Gasteiger partial charge in [0, 0.05) is 51.4 Å². The van der Waals surface area contributed by atoms with Gasteiger partial charge in [-0.25, -0.2) is 0 Å². The summed E-state index contributed by atoms with van der Waals surface area (Å²) in [5, 5.41) is 0. The van der Waals surface area contributed by atoms with Gasteiger partial charge >= 0.3 is 0 Å². The zero-order valence-electron chi connectivity index (χ0n) is 16.6. The highest BCUT2D eigenvalue weighted by atomic mass is 16.5. The molecule has 0 aromatic rings. The predicted octanol–water partition coefficient (Wildman–Crippen LogP) is 0.886. The molecule has 0 aromatic heterocycles. The van der Waals surface area contributed by atoms with Crippen molar-refractivity contribution in [2.45, 2.75) is 78.0 Å². The van der Waals surface area contributed by atoms with Gasteiger partial charge < -0.3 is 20.9 Å². The van der Waals surface area contributed by atoms with E-state index in [2.05, 4.69) is 51.3 Å². The molecule has 2 aliphatic heterocycles. The van der Waals surface area contributed by atoms with Crippen LogP contribution in [0.15, 0.2) is 0 Å². The van der Waals surface area contributed by atoms with E-state index in [-0.39, 0.29) is 0 Å². The first-order valence-electron chi connectivity index (χ1n) is 9.45. The van der Waals surface area contributed by atoms with Crippen molar-refractivity contribution in [3.63, 3.8) is 0 Å². The molecule has 2 aliphatic rings. The molecular formula is C18H40N4O2. The van der Waals surface area contributed by atoms with Crippen molar-refractivity contribution < 1.29 is 9.47 Å². The van der Waals surface area contributed by atoms with Gasteiger partial charge in [-0.05, 0) is 41.5 Å². The SMILES string of the molecule is CC(CN)N1C[C@@H](C)O[C@@H](C)C1.CC(CN)N1C[C@@H](C)O[C@@H](C)C1. The van der Waals surface area contributed by atoms with E-state index < -0.39 is 0 Å². The molecule has 0 radical (unpaired) electrons. The number of hydrogen-bond donors (Lipinski definition) is 2. The number of ether oxygens (including phenoxy) is 2. The maximum absolute atomic E-state index is 5.63. The number of nitrogens with two attached hydrogens (primary N) is 2. The summed E-state index contributed by atoms with van der Waals surface area (Å²) in [6.45, 7) is 18.3. The third-order valence-corrected chi connectivity index (χ3v) is 4.82. The molecule has 24 heavy (non-hydrogen) atoms. The Bertz CT molecular complexity index is 293. The van der Waals surface area contributed by atoms with Crippen LogP contribution < -0.4 is 11.5 Å². The van der Waals surface area contributed by atoms with E-state index in [1.54, 1.807) is 0 Å². The van der Waals surface area contributed by atoms with Gasteiger partial charge in [0.2, 0.25) is 0 Å². The van der Waals surface area contributed by atoms with E-state index in [0.717, 1.165) is 39.3 Å². The van der Waals surface area contributed by atoms with Crippen molar-refractivity contribution in [1.82, 2.24) is 9.80 Å². The minimum atomic E-state index is 0.350. The average molecular weight is 345 g/mol. The van der Waals surface area contributed by atoms with E-state index in [9.17, 15) is 0 Å². The fourth-order valence-corrected chi connectivity index (χ4v) is 3.45. The molecule has 2 heterocycles. The standard InChI is InChI=1S/2C9H20N2O/c2*1-7(4-10)11-5-8(2)12-9(3)6-11/h2*7-9H,4-6,10H2,1-3H3/t2*7?,8-,9+. The van der Waals surface area contributed by atoms with Crippen molar-refractivity contribution in [2.24, 2.45) is 11.5 Å². The minimum Gasteiger partial charge on any atom is -0.373 e. The molecule has 4 N–H and O–H groups in total. The van der Waals surface area contributed by atoms with E-state index in [1.807, 2.05) is 0 Å². The lowest BCUT2D eigenvalue weighted by Crippen LogP contribution is -2.51. The van der Waals surface area contributed by atoms with Crippen LogP contribution in [0, 0.1) is 0 Å². The van der Waals surface area contributed by atoms with Gasteiger partial charge in [-0.2, -0.15) is 0 Å². The van der Waals surface area contributed by atoms with Gasteiger partial charge in [0.1, 0.15) is 0 Å². The van der Waals surface area contributed by atoms with Crippen molar-refractivity contribution >= 4 is 0 Å². The molecule has 6 nitrogen and oxygen atoms in total. The summed E-state index contributed by atoms with van der Waals surface area (Å²) in [6.07, 6.45) is 1.40. The summed E-state index contributed by atoms with van der Waals surface area (Å²) in [7, 11) is 0. The highest BCUT2D eigenvalue weighted by Gasteiger charge is 2.25. The molecule has 2 rings (SSSR count). The quantitative estimate of drug-likeness (QED) is 0.789. The Morgan fingerprint density at radius 3 is 1.17 bits per heavy atom. The number of nitrogens with zero attached hydrogens (tertiary/aromatic N) is 2. The molecule has 144 valence electrons. The Labute approximate surface area is 148 Å². The van der Waals surface area contributed by atoms with Crippen LogP contribution in [0.2, 0.25) is 0 Å². The molecule has 0 amide bonds. The summed E-state index contributed by atoms with van der Waals surface area (Å²) in [5.74, 6) is 0. The van der Waals surface area contributed by atoms with Gasteiger partial charge in [0.05, 0.1) is 24.4 Å². The minimum absolute atomic E-state index is 0.350. The molecule has 2 saturated heterocycles. The third-order valence-electron chi connectivity index (χ3n) is 4.82. The van der Waals surface area contributed by atoms with Crippen LogP contribution in [-0.4, -0.2) is 85.6 Å². The molecule has 0 aliphatic carbocycles. The van der Waals surface area contributed by atoms with Crippen molar-refractivity contribution in [3.05, 3.63) is 0 Å². The fourth-order valence-electron chi connectivity index (χ4n) is 3.45. The van der Waals surface area contributed by atoms with E-state index in [0.29, 0.717) is 36.5 Å². The number of rotatable bonds is 4. The molecule has 0 bridgehead atoms. The lowest BCUT2D eigenvalue weighted by Gasteiger charge is -2.38. The molecule has 6 atom stereocenters. The summed E-state index contributed by atoms with van der Waals surface area (Å²) >= 11 is 0. The summed E-state index contributed by atoms with van der Waals surface area (Å²) in [5.41, 5.74) is 11.2. The highest BCUT2D eigenvalue weighted by molar-refractivity contribution is 4.78. The Hall–Kier alpha value is -0.240. The zero-order valence-corrected chi connectivity index (χ0v) is 16.6. The Morgan fingerprint density at radius 1 is 0.708 bits per heavy atom. The smallest absolute Gasteiger partial charge is 0.0678 e. The first-order chi connectivity index (χ1) is 11.3. The maximum atomic E-state index is 5.63. The predicted molar refractivity (Wildman–Crippen MR) is 100 cm³/mol. The highest BCUT2D eigenvalue weighted by Crippen LogP contribution is 2.13. The second-order valence-electron chi connectivity index (χ2n) is 7.59. The molecule has 2 unspecified atom stereocenters. The van der Waals surface area contributed by atoms with E-state index >= 15 is 0 Å². The van der Waals surface area contributed by atoms with Gasteiger partial charge in [-0.1, -0.05) is 0 Å². The van der Waals surface area contributed by atoms with Gasteiger partial charge in [0.15, 0.2) is 0 Å². The first-order valence-corrected chi connectivity index (χ1v) is 9.45. The van der Waals surface area contributed by atoms with Crippen LogP contribution in [0.1, 0.15) is 41.5 Å². The average Bonchev–Trinajstić information content (AvgIpc) is 2.52. The first kappa shape index (κ1) is 21.8. The van der Waals surface area contributed by atoms with Gasteiger partial charge in [0.25, 0.3) is 0 Å². The number of hydrogen-bond acceptors (Lipinski definition) is 6. The van der Waals surface area contributed by atoms with Crippen LogP contribution in [0.3, 0.4) is 0 Å². The third kappa shape index (κ3) is 7.33. The fraction of sp³-hybridized carbons (Fsp3) is 1.00. The Morgan fingerprint density at radius 2 is 0.958 bits per heavy atom. The van der Waals surface area contributed by atoms with Gasteiger partial charge in [-0.3, -0.25) is 9.80 Å². The van der Waals surface area contributed by atoms with E-state index in [4.69, 9.17) is 20.9 Å². The van der Waals surface area contributed by atoms with Crippen LogP contribution in [-0.2, 0) is 9.47 Å². The molecular weight excluding hydrogens is 304 g/mol. The molecule has 0 aromatic carbocycles. The number of morpholine rings is 2. The molecule has 6 heteroatoms. The van der Waals surface area contributed by atoms with Crippen molar-refractivity contribution in [2.75, 3.05) is 39.3 Å². The maximum Gasteiger partial charge on any atom is 0.0678 e. The van der Waals surface area contributed by atoms with Crippen LogP contribution in [0.5, 0.6) is 0 Å². The Kier molecular flexibility index (Phi) is 9.71. The van der Waals surface area contributed by atoms with E-state index in [1.165, 1.54) is 0 Å². The zero-order chi connectivity index (χ0) is 18.3. The van der Waals surface area contributed by atoms with Crippen molar-refractivity contribution in [1.29, 1.82) is 0 Å². The van der Waals surface area contributed by atoms with Crippen molar-refractivity contribution in [3.8, 4) is 0 Å². The summed E-state index contributed by atoms with van der Waals surface area (Å²) in [6, 6.07) is 0.970. The normalized spacial score (nSPS) is 35.0. The second kappa shape index (κ2) is 10.7.